The third-order valence-electron chi connectivity index (χ3n) is 4.90. The highest BCUT2D eigenvalue weighted by Crippen LogP contribution is 2.32. The average molecular weight is 277 g/mol. The number of nitrogens with one attached hydrogen (secondary N) is 1. The summed E-state index contributed by atoms with van der Waals surface area (Å²) >= 11 is 0. The number of hydrogen-bond acceptors (Lipinski definition) is 4. The molecule has 4 heteroatoms. The van der Waals surface area contributed by atoms with Crippen molar-refractivity contribution in [1.29, 1.82) is 0 Å². The van der Waals surface area contributed by atoms with Gasteiger partial charge >= 0.3 is 0 Å². The van der Waals surface area contributed by atoms with Gasteiger partial charge in [0.1, 0.15) is 0 Å². The molecule has 1 saturated carbocycles. The van der Waals surface area contributed by atoms with Crippen molar-refractivity contribution >= 4 is 0 Å². The van der Waals surface area contributed by atoms with E-state index in [0.29, 0.717) is 17.9 Å². The van der Waals surface area contributed by atoms with Crippen LogP contribution in [0.25, 0.3) is 0 Å². The Morgan fingerprint density at radius 2 is 1.75 bits per heavy atom. The van der Waals surface area contributed by atoms with E-state index >= 15 is 0 Å². The van der Waals surface area contributed by atoms with Crippen molar-refractivity contribution in [2.45, 2.75) is 82.6 Å². The Labute approximate surface area is 121 Å². The zero-order valence-electron chi connectivity index (χ0n) is 12.6. The maximum atomic E-state index is 5.59. The van der Waals surface area contributed by atoms with Gasteiger partial charge in [0.15, 0.2) is 5.82 Å². The summed E-state index contributed by atoms with van der Waals surface area (Å²) in [6, 6.07) is 0.561. The summed E-state index contributed by atoms with van der Waals surface area (Å²) in [4.78, 5) is 4.76. The van der Waals surface area contributed by atoms with E-state index in [1.165, 1.54) is 44.9 Å². The summed E-state index contributed by atoms with van der Waals surface area (Å²) in [7, 11) is 0. The first-order valence-corrected chi connectivity index (χ1v) is 8.40. The molecule has 0 radical (unpaired) electrons. The third kappa shape index (κ3) is 3.40. The minimum absolute atomic E-state index is 0.459. The van der Waals surface area contributed by atoms with Crippen LogP contribution < -0.4 is 5.32 Å². The second-order valence-electron chi connectivity index (χ2n) is 6.61. The Kier molecular flexibility index (Phi) is 4.71. The second kappa shape index (κ2) is 6.70. The first-order chi connectivity index (χ1) is 9.83. The molecule has 1 aliphatic carbocycles. The van der Waals surface area contributed by atoms with Crippen molar-refractivity contribution < 1.29 is 4.52 Å². The Hall–Kier alpha value is -0.900. The van der Waals surface area contributed by atoms with Gasteiger partial charge in [0.25, 0.3) is 0 Å². The molecule has 1 aromatic rings. The normalized spacial score (nSPS) is 29.9. The molecule has 2 fully saturated rings. The summed E-state index contributed by atoms with van der Waals surface area (Å²) < 4.78 is 5.59. The number of hydrogen-bond donors (Lipinski definition) is 1. The van der Waals surface area contributed by atoms with E-state index in [-0.39, 0.29) is 0 Å². The lowest BCUT2D eigenvalue weighted by atomic mass is 9.90. The Bertz CT molecular complexity index is 410. The van der Waals surface area contributed by atoms with Crippen molar-refractivity contribution in [3.63, 3.8) is 0 Å². The largest absolute Gasteiger partial charge is 0.339 e. The highest BCUT2D eigenvalue weighted by molar-refractivity contribution is 5.01. The van der Waals surface area contributed by atoms with E-state index in [2.05, 4.69) is 17.4 Å². The first-order valence-electron chi connectivity index (χ1n) is 8.40. The van der Waals surface area contributed by atoms with Crippen molar-refractivity contribution in [2.75, 3.05) is 6.54 Å². The molecule has 3 rings (SSSR count). The van der Waals surface area contributed by atoms with Crippen molar-refractivity contribution in [3.8, 4) is 0 Å². The zero-order chi connectivity index (χ0) is 13.8. The van der Waals surface area contributed by atoms with E-state index in [1.807, 2.05) is 0 Å². The topological polar surface area (TPSA) is 51.0 Å². The van der Waals surface area contributed by atoms with E-state index in [4.69, 9.17) is 9.51 Å². The maximum absolute atomic E-state index is 5.59. The minimum Gasteiger partial charge on any atom is -0.339 e. The quantitative estimate of drug-likeness (QED) is 0.894. The van der Waals surface area contributed by atoms with Crippen LogP contribution in [0.4, 0.5) is 0 Å². The Balaban J connectivity index is 1.65. The molecule has 4 nitrogen and oxygen atoms in total. The number of rotatable bonds is 2. The van der Waals surface area contributed by atoms with E-state index in [9.17, 15) is 0 Å². The molecule has 112 valence electrons. The van der Waals surface area contributed by atoms with Crippen LogP contribution in [0.1, 0.15) is 88.3 Å². The van der Waals surface area contributed by atoms with Crippen LogP contribution >= 0.6 is 0 Å². The molecule has 1 aromatic heterocycles. The molecule has 1 N–H and O–H groups in total. The number of piperidine rings is 1. The van der Waals surface area contributed by atoms with Crippen LogP contribution in [0.3, 0.4) is 0 Å². The Morgan fingerprint density at radius 3 is 2.50 bits per heavy atom. The number of nitrogens with zero attached hydrogens (tertiary/aromatic N) is 2. The molecule has 0 amide bonds. The fourth-order valence-corrected chi connectivity index (χ4v) is 3.65. The molecule has 0 aromatic carbocycles. The van der Waals surface area contributed by atoms with Gasteiger partial charge in [-0.15, -0.1) is 0 Å². The van der Waals surface area contributed by atoms with Crippen LogP contribution in [0.2, 0.25) is 0 Å². The van der Waals surface area contributed by atoms with Gasteiger partial charge in [0.2, 0.25) is 5.89 Å². The molecule has 2 unspecified atom stereocenters. The molecule has 0 spiro atoms. The van der Waals surface area contributed by atoms with Gasteiger partial charge in [0, 0.05) is 17.9 Å². The van der Waals surface area contributed by atoms with Gasteiger partial charge in [-0.2, -0.15) is 4.98 Å². The lowest BCUT2D eigenvalue weighted by Gasteiger charge is -2.25. The average Bonchev–Trinajstić information content (AvgIpc) is 2.88. The van der Waals surface area contributed by atoms with E-state index in [0.717, 1.165) is 31.1 Å². The molecular weight excluding hydrogens is 250 g/mol. The molecule has 2 atom stereocenters. The standard InChI is InChI=1S/C16H27N3O/c1-12-11-14(9-10-17-12)16-18-15(19-20-16)13-7-5-3-2-4-6-8-13/h12-14,17H,2-11H2,1H3. The smallest absolute Gasteiger partial charge is 0.229 e. The van der Waals surface area contributed by atoms with Crippen LogP contribution in [-0.2, 0) is 0 Å². The van der Waals surface area contributed by atoms with Gasteiger partial charge in [-0.3, -0.25) is 0 Å². The molecule has 0 bridgehead atoms. The van der Waals surface area contributed by atoms with Gasteiger partial charge in [-0.1, -0.05) is 37.3 Å². The third-order valence-corrected chi connectivity index (χ3v) is 4.90. The summed E-state index contributed by atoms with van der Waals surface area (Å²) in [6.45, 7) is 3.30. The number of aromatic nitrogens is 2. The predicted molar refractivity (Wildman–Crippen MR) is 78.8 cm³/mol. The summed E-state index contributed by atoms with van der Waals surface area (Å²) in [5, 5.41) is 7.78. The highest BCUT2D eigenvalue weighted by atomic mass is 16.5. The summed E-state index contributed by atoms with van der Waals surface area (Å²) in [5.74, 6) is 2.86. The van der Waals surface area contributed by atoms with Gasteiger partial charge in [-0.05, 0) is 39.2 Å². The fraction of sp³-hybridized carbons (Fsp3) is 0.875. The monoisotopic (exact) mass is 277 g/mol. The molecular formula is C16H27N3O. The lowest BCUT2D eigenvalue weighted by Crippen LogP contribution is -2.34. The van der Waals surface area contributed by atoms with Crippen molar-refractivity contribution in [3.05, 3.63) is 11.7 Å². The fourth-order valence-electron chi connectivity index (χ4n) is 3.65. The van der Waals surface area contributed by atoms with E-state index in [1.54, 1.807) is 0 Å². The molecule has 1 aliphatic heterocycles. The van der Waals surface area contributed by atoms with Crippen molar-refractivity contribution in [2.24, 2.45) is 0 Å². The predicted octanol–water partition coefficient (Wildman–Crippen LogP) is 3.75. The van der Waals surface area contributed by atoms with Crippen LogP contribution in [0.15, 0.2) is 4.52 Å². The lowest BCUT2D eigenvalue weighted by molar-refractivity contribution is 0.292. The maximum Gasteiger partial charge on any atom is 0.229 e. The first kappa shape index (κ1) is 14.1. The van der Waals surface area contributed by atoms with Gasteiger partial charge < -0.3 is 9.84 Å². The van der Waals surface area contributed by atoms with Crippen LogP contribution in [0.5, 0.6) is 0 Å². The minimum atomic E-state index is 0.459. The second-order valence-corrected chi connectivity index (χ2v) is 6.61. The molecule has 2 aliphatic rings. The van der Waals surface area contributed by atoms with Gasteiger partial charge in [-0.25, -0.2) is 0 Å². The molecule has 2 heterocycles. The SMILES string of the molecule is CC1CC(c2nc(C3CCCCCCC3)no2)CCN1. The van der Waals surface area contributed by atoms with Crippen LogP contribution in [0, 0.1) is 0 Å². The van der Waals surface area contributed by atoms with Gasteiger partial charge in [0.05, 0.1) is 0 Å². The van der Waals surface area contributed by atoms with Crippen molar-refractivity contribution in [1.82, 2.24) is 15.5 Å². The zero-order valence-corrected chi connectivity index (χ0v) is 12.6. The Morgan fingerprint density at radius 1 is 1.00 bits per heavy atom. The molecule has 20 heavy (non-hydrogen) atoms. The highest BCUT2D eigenvalue weighted by Gasteiger charge is 2.26. The van der Waals surface area contributed by atoms with Crippen LogP contribution in [-0.4, -0.2) is 22.7 Å². The van der Waals surface area contributed by atoms with E-state index < -0.39 is 0 Å². The molecule has 1 saturated heterocycles. The summed E-state index contributed by atoms with van der Waals surface area (Å²) in [5.41, 5.74) is 0. The summed E-state index contributed by atoms with van der Waals surface area (Å²) in [6.07, 6.45) is 11.5.